The molecule has 1 heterocycles. The Kier molecular flexibility index (Phi) is 4.88. The molecule has 20 heavy (non-hydrogen) atoms. The standard InChI is InChI=1S/C16H24N2O2/c1-4-8-17-16(19)18-11-12(5-2)9-13-10-14(20-3)6-7-15(13)18/h6-7,10,12H,4-5,8-9,11H2,1-3H3,(H,17,19). The highest BCUT2D eigenvalue weighted by molar-refractivity contribution is 5.93. The highest BCUT2D eigenvalue weighted by Crippen LogP contribution is 2.33. The minimum atomic E-state index is 0.0106. The molecule has 1 aliphatic heterocycles. The number of carbonyl (C=O) groups is 1. The molecule has 1 atom stereocenters. The predicted octanol–water partition coefficient (Wildman–Crippen LogP) is 3.20. The fourth-order valence-electron chi connectivity index (χ4n) is 2.64. The third-order valence-corrected chi connectivity index (χ3v) is 3.88. The van der Waals surface area contributed by atoms with Gasteiger partial charge in [0.2, 0.25) is 0 Å². The molecule has 2 rings (SSSR count). The molecule has 110 valence electrons. The Balaban J connectivity index is 2.27. The molecule has 0 aromatic heterocycles. The van der Waals surface area contributed by atoms with Crippen molar-refractivity contribution in [2.24, 2.45) is 5.92 Å². The van der Waals surface area contributed by atoms with Crippen molar-refractivity contribution >= 4 is 11.7 Å². The van der Waals surface area contributed by atoms with Crippen LogP contribution in [0.3, 0.4) is 0 Å². The summed E-state index contributed by atoms with van der Waals surface area (Å²) in [4.78, 5) is 14.2. The van der Waals surface area contributed by atoms with E-state index in [1.54, 1.807) is 7.11 Å². The predicted molar refractivity (Wildman–Crippen MR) is 81.5 cm³/mol. The minimum Gasteiger partial charge on any atom is -0.497 e. The molecular formula is C16H24N2O2. The van der Waals surface area contributed by atoms with Crippen LogP contribution >= 0.6 is 0 Å². The summed E-state index contributed by atoms with van der Waals surface area (Å²) >= 11 is 0. The Hall–Kier alpha value is -1.71. The maximum absolute atomic E-state index is 12.3. The Labute approximate surface area is 121 Å². The summed E-state index contributed by atoms with van der Waals surface area (Å²) in [5.74, 6) is 1.37. The summed E-state index contributed by atoms with van der Waals surface area (Å²) in [5, 5.41) is 2.97. The van der Waals surface area contributed by atoms with E-state index in [0.717, 1.165) is 43.8 Å². The SMILES string of the molecule is CCCNC(=O)N1CC(CC)Cc2cc(OC)ccc21. The van der Waals surface area contributed by atoms with Gasteiger partial charge in [-0.3, -0.25) is 4.90 Å². The second-order valence-electron chi connectivity index (χ2n) is 5.32. The van der Waals surface area contributed by atoms with Crippen molar-refractivity contribution in [3.8, 4) is 5.75 Å². The average molecular weight is 276 g/mol. The van der Waals surface area contributed by atoms with Crippen LogP contribution < -0.4 is 15.0 Å². The van der Waals surface area contributed by atoms with Crippen LogP contribution in [0.4, 0.5) is 10.5 Å². The van der Waals surface area contributed by atoms with Gasteiger partial charge in [-0.1, -0.05) is 20.3 Å². The number of urea groups is 1. The summed E-state index contributed by atoms with van der Waals surface area (Å²) in [7, 11) is 1.67. The van der Waals surface area contributed by atoms with Crippen molar-refractivity contribution < 1.29 is 9.53 Å². The number of benzene rings is 1. The van der Waals surface area contributed by atoms with Crippen LogP contribution in [0.5, 0.6) is 5.75 Å². The fourth-order valence-corrected chi connectivity index (χ4v) is 2.64. The molecule has 0 fully saturated rings. The molecule has 0 saturated carbocycles. The van der Waals surface area contributed by atoms with Gasteiger partial charge in [-0.25, -0.2) is 4.79 Å². The largest absolute Gasteiger partial charge is 0.497 e. The van der Waals surface area contributed by atoms with E-state index in [2.05, 4.69) is 25.2 Å². The van der Waals surface area contributed by atoms with E-state index in [9.17, 15) is 4.79 Å². The van der Waals surface area contributed by atoms with Crippen LogP contribution in [-0.4, -0.2) is 26.2 Å². The average Bonchev–Trinajstić information content (AvgIpc) is 2.50. The number of nitrogens with zero attached hydrogens (tertiary/aromatic N) is 1. The van der Waals surface area contributed by atoms with Crippen LogP contribution in [0.25, 0.3) is 0 Å². The van der Waals surface area contributed by atoms with Gasteiger partial charge in [0.25, 0.3) is 0 Å². The van der Waals surface area contributed by atoms with Gasteiger partial charge in [0.1, 0.15) is 5.75 Å². The Morgan fingerprint density at radius 1 is 1.45 bits per heavy atom. The number of amides is 2. The first kappa shape index (κ1) is 14.7. The molecular weight excluding hydrogens is 252 g/mol. The van der Waals surface area contributed by atoms with E-state index < -0.39 is 0 Å². The number of anilines is 1. The third-order valence-electron chi connectivity index (χ3n) is 3.88. The molecule has 1 aliphatic rings. The van der Waals surface area contributed by atoms with Crippen molar-refractivity contribution in [3.05, 3.63) is 23.8 Å². The zero-order chi connectivity index (χ0) is 14.5. The Bertz CT molecular complexity index is 474. The van der Waals surface area contributed by atoms with E-state index in [-0.39, 0.29) is 6.03 Å². The lowest BCUT2D eigenvalue weighted by Gasteiger charge is -2.34. The second kappa shape index (κ2) is 6.64. The van der Waals surface area contributed by atoms with E-state index >= 15 is 0 Å². The maximum atomic E-state index is 12.3. The van der Waals surface area contributed by atoms with Crippen LogP contribution in [-0.2, 0) is 6.42 Å². The molecule has 1 aromatic carbocycles. The highest BCUT2D eigenvalue weighted by Gasteiger charge is 2.27. The number of nitrogens with one attached hydrogen (secondary N) is 1. The lowest BCUT2D eigenvalue weighted by molar-refractivity contribution is 0.244. The molecule has 4 heteroatoms. The molecule has 0 aliphatic carbocycles. The topological polar surface area (TPSA) is 41.6 Å². The van der Waals surface area contributed by atoms with Crippen LogP contribution in [0, 0.1) is 5.92 Å². The van der Waals surface area contributed by atoms with Gasteiger partial charge in [0.15, 0.2) is 0 Å². The number of ether oxygens (including phenoxy) is 1. The molecule has 1 unspecified atom stereocenters. The number of rotatable bonds is 4. The number of fused-ring (bicyclic) bond motifs is 1. The second-order valence-corrected chi connectivity index (χ2v) is 5.32. The molecule has 0 spiro atoms. The minimum absolute atomic E-state index is 0.0106. The summed E-state index contributed by atoms with van der Waals surface area (Å²) in [5.41, 5.74) is 2.22. The van der Waals surface area contributed by atoms with Gasteiger partial charge in [-0.05, 0) is 42.5 Å². The lowest BCUT2D eigenvalue weighted by Crippen LogP contribution is -2.45. The van der Waals surface area contributed by atoms with Crippen molar-refractivity contribution in [1.82, 2.24) is 5.32 Å². The summed E-state index contributed by atoms with van der Waals surface area (Å²) in [6, 6.07) is 5.98. The Morgan fingerprint density at radius 3 is 2.90 bits per heavy atom. The van der Waals surface area contributed by atoms with Crippen molar-refractivity contribution in [2.45, 2.75) is 33.1 Å². The van der Waals surface area contributed by atoms with Crippen LogP contribution in [0.1, 0.15) is 32.3 Å². The molecule has 1 aromatic rings. The quantitative estimate of drug-likeness (QED) is 0.917. The van der Waals surface area contributed by atoms with Gasteiger partial charge in [0, 0.05) is 18.8 Å². The number of methoxy groups -OCH3 is 1. The first-order chi connectivity index (χ1) is 9.69. The molecule has 2 amide bonds. The summed E-state index contributed by atoms with van der Waals surface area (Å²) in [6.07, 6.45) is 3.04. The Morgan fingerprint density at radius 2 is 2.25 bits per heavy atom. The van der Waals surface area contributed by atoms with Gasteiger partial charge in [0.05, 0.1) is 7.11 Å². The number of hydrogen-bond donors (Lipinski definition) is 1. The highest BCUT2D eigenvalue weighted by atomic mass is 16.5. The zero-order valence-corrected chi connectivity index (χ0v) is 12.6. The van der Waals surface area contributed by atoms with Gasteiger partial charge < -0.3 is 10.1 Å². The normalized spacial score (nSPS) is 17.6. The van der Waals surface area contributed by atoms with Crippen LogP contribution in [0.15, 0.2) is 18.2 Å². The fraction of sp³-hybridized carbons (Fsp3) is 0.562. The van der Waals surface area contributed by atoms with Gasteiger partial charge in [-0.15, -0.1) is 0 Å². The molecule has 0 bridgehead atoms. The zero-order valence-electron chi connectivity index (χ0n) is 12.6. The van der Waals surface area contributed by atoms with Crippen LogP contribution in [0.2, 0.25) is 0 Å². The first-order valence-electron chi connectivity index (χ1n) is 7.41. The van der Waals surface area contributed by atoms with E-state index in [1.807, 2.05) is 17.0 Å². The van der Waals surface area contributed by atoms with Crippen molar-refractivity contribution in [2.75, 3.05) is 25.1 Å². The monoisotopic (exact) mass is 276 g/mol. The molecule has 4 nitrogen and oxygen atoms in total. The van der Waals surface area contributed by atoms with E-state index in [1.165, 1.54) is 5.56 Å². The molecule has 0 radical (unpaired) electrons. The number of carbonyl (C=O) groups excluding carboxylic acids is 1. The maximum Gasteiger partial charge on any atom is 0.321 e. The molecule has 1 N–H and O–H groups in total. The first-order valence-corrected chi connectivity index (χ1v) is 7.41. The smallest absolute Gasteiger partial charge is 0.321 e. The summed E-state index contributed by atoms with van der Waals surface area (Å²) in [6.45, 7) is 5.76. The third kappa shape index (κ3) is 3.06. The van der Waals surface area contributed by atoms with Gasteiger partial charge in [-0.2, -0.15) is 0 Å². The molecule has 0 saturated heterocycles. The van der Waals surface area contributed by atoms with E-state index in [4.69, 9.17) is 4.74 Å². The van der Waals surface area contributed by atoms with E-state index in [0.29, 0.717) is 5.92 Å². The lowest BCUT2D eigenvalue weighted by atomic mass is 9.90. The van der Waals surface area contributed by atoms with Gasteiger partial charge >= 0.3 is 6.03 Å². The number of hydrogen-bond acceptors (Lipinski definition) is 2. The summed E-state index contributed by atoms with van der Waals surface area (Å²) < 4.78 is 5.29. The van der Waals surface area contributed by atoms with Crippen molar-refractivity contribution in [3.63, 3.8) is 0 Å². The van der Waals surface area contributed by atoms with Crippen molar-refractivity contribution in [1.29, 1.82) is 0 Å².